The van der Waals surface area contributed by atoms with Crippen molar-refractivity contribution in [2.45, 2.75) is 19.0 Å². The molecule has 14 nitrogen and oxygen atoms in total. The number of carboxylic acids is 1. The fraction of sp³-hybridized carbons (Fsp3) is 0.286. The third kappa shape index (κ3) is 4.98. The Kier molecular flexibility index (Phi) is 7.29. The van der Waals surface area contributed by atoms with Crippen molar-refractivity contribution < 1.29 is 42.6 Å². The average Bonchev–Trinajstić information content (AvgIpc) is 3.60. The van der Waals surface area contributed by atoms with Crippen LogP contribution in [-0.2, 0) is 16.1 Å². The van der Waals surface area contributed by atoms with E-state index < -0.39 is 35.8 Å². The lowest BCUT2D eigenvalue weighted by molar-refractivity contribution is -0.137. The normalized spacial score (nSPS) is 16.4. The molecule has 0 unspecified atom stereocenters. The first kappa shape index (κ1) is 28.1. The number of aromatic nitrogens is 2. The molecular weight excluding hydrogens is 550 g/mol. The molecule has 0 bridgehead atoms. The fourth-order valence-corrected chi connectivity index (χ4v) is 4.44. The standard InChI is InChI=1S/C28H27N5O9/c1-28(27(38)30-11-17-19(39-4)6-5-9-29-17)14-41-22-16-8-7-15(24-31-18(13-40-24)26(36)37)10-20(16)42-23(22)25(35)33(28)12-21(34)32(2)3/h5-10,13H,11-12,14H2,1-4H3,(H,30,38)(H,36,37)/t28-/m1/s1. The summed E-state index contributed by atoms with van der Waals surface area (Å²) in [5, 5.41) is 12.3. The van der Waals surface area contributed by atoms with E-state index in [1.807, 2.05) is 0 Å². The van der Waals surface area contributed by atoms with Crippen molar-refractivity contribution in [3.05, 3.63) is 59.9 Å². The third-order valence-electron chi connectivity index (χ3n) is 6.91. The van der Waals surface area contributed by atoms with E-state index in [0.29, 0.717) is 22.4 Å². The molecule has 218 valence electrons. The third-order valence-corrected chi connectivity index (χ3v) is 6.91. The van der Waals surface area contributed by atoms with E-state index in [4.69, 9.17) is 23.4 Å². The summed E-state index contributed by atoms with van der Waals surface area (Å²) < 4.78 is 22.6. The average molecular weight is 578 g/mol. The minimum atomic E-state index is -1.62. The Morgan fingerprint density at radius 1 is 1.24 bits per heavy atom. The number of aromatic carboxylic acids is 1. The predicted octanol–water partition coefficient (Wildman–Crippen LogP) is 2.19. The van der Waals surface area contributed by atoms with Crippen LogP contribution in [0, 0.1) is 0 Å². The highest BCUT2D eigenvalue weighted by atomic mass is 16.5. The minimum Gasteiger partial charge on any atom is -0.495 e. The van der Waals surface area contributed by atoms with Crippen molar-refractivity contribution in [3.8, 4) is 23.0 Å². The van der Waals surface area contributed by atoms with Crippen LogP contribution in [0.5, 0.6) is 11.5 Å². The van der Waals surface area contributed by atoms with Gasteiger partial charge in [-0.25, -0.2) is 9.78 Å². The lowest BCUT2D eigenvalue weighted by Gasteiger charge is -2.37. The summed E-state index contributed by atoms with van der Waals surface area (Å²) in [6, 6.07) is 8.14. The van der Waals surface area contributed by atoms with Crippen molar-refractivity contribution in [2.75, 3.05) is 34.4 Å². The van der Waals surface area contributed by atoms with Crippen LogP contribution in [0.2, 0.25) is 0 Å². The van der Waals surface area contributed by atoms with Gasteiger partial charge in [-0.2, -0.15) is 0 Å². The van der Waals surface area contributed by atoms with Crippen LogP contribution in [0.15, 0.2) is 51.6 Å². The summed E-state index contributed by atoms with van der Waals surface area (Å²) in [6.45, 7) is 0.785. The van der Waals surface area contributed by atoms with Crippen molar-refractivity contribution in [2.24, 2.45) is 0 Å². The van der Waals surface area contributed by atoms with Gasteiger partial charge >= 0.3 is 5.97 Å². The molecule has 2 N–H and O–H groups in total. The number of hydrogen-bond acceptors (Lipinski definition) is 10. The van der Waals surface area contributed by atoms with Gasteiger partial charge in [-0.15, -0.1) is 0 Å². The van der Waals surface area contributed by atoms with Gasteiger partial charge in [-0.3, -0.25) is 19.4 Å². The van der Waals surface area contributed by atoms with E-state index in [2.05, 4.69) is 15.3 Å². The molecule has 42 heavy (non-hydrogen) atoms. The molecule has 14 heteroatoms. The van der Waals surface area contributed by atoms with Gasteiger partial charge in [0.15, 0.2) is 17.0 Å². The summed E-state index contributed by atoms with van der Waals surface area (Å²) in [5.74, 6) is -2.55. The molecule has 1 atom stereocenters. The number of nitrogens with zero attached hydrogens (tertiary/aromatic N) is 4. The SMILES string of the molecule is COc1cccnc1CNC(=O)[C@@]1(C)COc2c(oc3cc(-c4nc(C(=O)O)co4)ccc23)C(=O)N1CC(=O)N(C)C. The fourth-order valence-electron chi connectivity index (χ4n) is 4.44. The Morgan fingerprint density at radius 2 is 2.02 bits per heavy atom. The van der Waals surface area contributed by atoms with Crippen LogP contribution in [0.1, 0.15) is 33.7 Å². The number of methoxy groups -OCH3 is 1. The zero-order valence-corrected chi connectivity index (χ0v) is 23.2. The molecule has 0 fully saturated rings. The number of pyridine rings is 1. The number of carboxylic acid groups (broad SMARTS) is 1. The number of fused-ring (bicyclic) bond motifs is 3. The van der Waals surface area contributed by atoms with Crippen LogP contribution in [0.3, 0.4) is 0 Å². The molecule has 1 aromatic carbocycles. The number of nitrogens with one attached hydrogen (secondary N) is 1. The van der Waals surface area contributed by atoms with Crippen LogP contribution < -0.4 is 14.8 Å². The van der Waals surface area contributed by atoms with E-state index in [1.54, 1.807) is 44.6 Å². The van der Waals surface area contributed by atoms with Crippen molar-refractivity contribution in [1.82, 2.24) is 25.1 Å². The number of carbonyl (C=O) groups is 4. The highest BCUT2D eigenvalue weighted by Gasteiger charge is 2.48. The summed E-state index contributed by atoms with van der Waals surface area (Å²) in [5.41, 5.74) is -0.775. The first-order valence-corrected chi connectivity index (χ1v) is 12.7. The number of ether oxygens (including phenoxy) is 2. The summed E-state index contributed by atoms with van der Waals surface area (Å²) in [6.07, 6.45) is 2.58. The highest BCUT2D eigenvalue weighted by Crippen LogP contribution is 2.40. The topological polar surface area (TPSA) is 178 Å². The van der Waals surface area contributed by atoms with Gasteiger partial charge in [0.2, 0.25) is 23.5 Å². The highest BCUT2D eigenvalue weighted by molar-refractivity contribution is 6.06. The molecule has 0 radical (unpaired) electrons. The number of hydrogen-bond donors (Lipinski definition) is 2. The van der Waals surface area contributed by atoms with Crippen LogP contribution in [0.25, 0.3) is 22.4 Å². The molecule has 0 spiro atoms. The Hall–Kier alpha value is -5.40. The van der Waals surface area contributed by atoms with E-state index in [-0.39, 0.29) is 41.8 Å². The van der Waals surface area contributed by atoms with Crippen LogP contribution in [-0.4, -0.2) is 88.5 Å². The van der Waals surface area contributed by atoms with Gasteiger partial charge in [-0.05, 0) is 37.3 Å². The number of benzene rings is 1. The van der Waals surface area contributed by atoms with Crippen LogP contribution >= 0.6 is 0 Å². The van der Waals surface area contributed by atoms with E-state index in [9.17, 15) is 19.2 Å². The molecule has 1 aliphatic heterocycles. The van der Waals surface area contributed by atoms with Gasteiger partial charge in [0.1, 0.15) is 36.4 Å². The van der Waals surface area contributed by atoms with E-state index >= 15 is 0 Å². The van der Waals surface area contributed by atoms with Gasteiger partial charge in [0, 0.05) is 25.9 Å². The Bertz CT molecular complexity index is 1710. The lowest BCUT2D eigenvalue weighted by atomic mass is 9.99. The predicted molar refractivity (Wildman–Crippen MR) is 145 cm³/mol. The molecule has 1 aliphatic rings. The molecule has 4 aromatic rings. The van der Waals surface area contributed by atoms with Gasteiger partial charge < -0.3 is 38.5 Å². The zero-order valence-electron chi connectivity index (χ0n) is 23.2. The smallest absolute Gasteiger partial charge is 0.357 e. The van der Waals surface area contributed by atoms with Gasteiger partial charge in [0.25, 0.3) is 5.91 Å². The quantitative estimate of drug-likeness (QED) is 0.314. The zero-order chi connectivity index (χ0) is 30.2. The second-order valence-corrected chi connectivity index (χ2v) is 9.89. The number of rotatable bonds is 8. The number of oxazole rings is 1. The Morgan fingerprint density at radius 3 is 2.71 bits per heavy atom. The molecule has 0 saturated heterocycles. The second kappa shape index (κ2) is 10.9. The maximum atomic E-state index is 14.0. The Balaban J connectivity index is 1.49. The van der Waals surface area contributed by atoms with E-state index in [0.717, 1.165) is 11.2 Å². The molecule has 0 saturated carbocycles. The van der Waals surface area contributed by atoms with Crippen molar-refractivity contribution >= 4 is 34.7 Å². The van der Waals surface area contributed by atoms with Crippen molar-refractivity contribution in [1.29, 1.82) is 0 Å². The van der Waals surface area contributed by atoms with Gasteiger partial charge in [-0.1, -0.05) is 0 Å². The lowest BCUT2D eigenvalue weighted by Crippen LogP contribution is -2.62. The second-order valence-electron chi connectivity index (χ2n) is 9.89. The molecule has 4 heterocycles. The molecule has 5 rings (SSSR count). The monoisotopic (exact) mass is 577 g/mol. The first-order valence-electron chi connectivity index (χ1n) is 12.7. The molecular formula is C28H27N5O9. The molecule has 3 amide bonds. The van der Waals surface area contributed by atoms with Gasteiger partial charge in [0.05, 0.1) is 19.0 Å². The summed E-state index contributed by atoms with van der Waals surface area (Å²) in [4.78, 5) is 62.3. The molecule has 0 aliphatic carbocycles. The first-order chi connectivity index (χ1) is 20.0. The number of likely N-dealkylation sites (N-methyl/N-ethyl adjacent to an activating group) is 1. The Labute approximate surface area is 238 Å². The maximum absolute atomic E-state index is 14.0. The van der Waals surface area contributed by atoms with E-state index in [1.165, 1.54) is 25.0 Å². The van der Waals surface area contributed by atoms with Crippen molar-refractivity contribution in [3.63, 3.8) is 0 Å². The number of amides is 3. The molecule has 3 aromatic heterocycles. The number of furan rings is 1. The minimum absolute atomic E-state index is 0.00174. The number of carbonyl (C=O) groups excluding carboxylic acids is 3. The maximum Gasteiger partial charge on any atom is 0.357 e. The summed E-state index contributed by atoms with van der Waals surface area (Å²) in [7, 11) is 4.57. The summed E-state index contributed by atoms with van der Waals surface area (Å²) >= 11 is 0. The largest absolute Gasteiger partial charge is 0.495 e. The van der Waals surface area contributed by atoms with Crippen LogP contribution in [0.4, 0.5) is 0 Å².